The molecule has 0 saturated carbocycles. The minimum absolute atomic E-state index is 0.680. The van der Waals surface area contributed by atoms with E-state index in [9.17, 15) is 0 Å². The monoisotopic (exact) mass is 205 g/mol. The van der Waals surface area contributed by atoms with Crippen molar-refractivity contribution in [3.8, 4) is 0 Å². The number of benzene rings is 1. The summed E-state index contributed by atoms with van der Waals surface area (Å²) < 4.78 is 0. The zero-order valence-electron chi connectivity index (χ0n) is 7.83. The van der Waals surface area contributed by atoms with Crippen molar-refractivity contribution in [1.29, 1.82) is 0 Å². The van der Waals surface area contributed by atoms with E-state index in [0.29, 0.717) is 5.88 Å². The first-order valence-corrected chi connectivity index (χ1v) is 5.24. The molecule has 0 atom stereocenters. The molecule has 14 heavy (non-hydrogen) atoms. The molecule has 0 bridgehead atoms. The van der Waals surface area contributed by atoms with Gasteiger partial charge in [0.2, 0.25) is 0 Å². The van der Waals surface area contributed by atoms with Crippen LogP contribution in [0.5, 0.6) is 0 Å². The molecule has 2 aromatic rings. The third-order valence-corrected chi connectivity index (χ3v) is 2.42. The van der Waals surface area contributed by atoms with E-state index in [1.165, 1.54) is 16.5 Å². The Kier molecular flexibility index (Phi) is 2.90. The molecule has 72 valence electrons. The summed E-state index contributed by atoms with van der Waals surface area (Å²) in [5, 5.41) is 1.26. The minimum Gasteiger partial charge on any atom is -0.361 e. The predicted octanol–water partition coefficient (Wildman–Crippen LogP) is 3.81. The molecular formula is C12H12ClN. The second-order valence-corrected chi connectivity index (χ2v) is 3.54. The average molecular weight is 206 g/mol. The van der Waals surface area contributed by atoms with Gasteiger partial charge >= 0.3 is 0 Å². The summed E-state index contributed by atoms with van der Waals surface area (Å²) >= 11 is 5.61. The molecule has 1 aromatic heterocycles. The van der Waals surface area contributed by atoms with Gasteiger partial charge in [-0.1, -0.05) is 24.3 Å². The van der Waals surface area contributed by atoms with Gasteiger partial charge in [-0.15, -0.1) is 11.6 Å². The van der Waals surface area contributed by atoms with Crippen LogP contribution in [0.3, 0.4) is 0 Å². The maximum Gasteiger partial charge on any atom is 0.0459 e. The smallest absolute Gasteiger partial charge is 0.0459 e. The van der Waals surface area contributed by atoms with Gasteiger partial charge in [-0.3, -0.25) is 0 Å². The van der Waals surface area contributed by atoms with Crippen molar-refractivity contribution in [2.75, 3.05) is 5.88 Å². The first kappa shape index (κ1) is 9.35. The van der Waals surface area contributed by atoms with E-state index in [-0.39, 0.29) is 0 Å². The molecule has 1 heterocycles. The van der Waals surface area contributed by atoms with E-state index in [1.54, 1.807) is 0 Å². The zero-order valence-corrected chi connectivity index (χ0v) is 8.59. The lowest BCUT2D eigenvalue weighted by atomic mass is 10.1. The van der Waals surface area contributed by atoms with Crippen LogP contribution in [0.1, 0.15) is 12.0 Å². The molecule has 0 radical (unpaired) electrons. The molecule has 2 rings (SSSR count). The van der Waals surface area contributed by atoms with Crippen LogP contribution in [0.15, 0.2) is 36.5 Å². The third kappa shape index (κ3) is 1.83. The highest BCUT2D eigenvalue weighted by Crippen LogP contribution is 2.18. The number of H-pyrrole nitrogens is 1. The van der Waals surface area contributed by atoms with E-state index in [0.717, 1.165) is 6.42 Å². The molecule has 1 nitrogen and oxygen atoms in total. The number of hydrogen-bond acceptors (Lipinski definition) is 0. The first-order chi connectivity index (χ1) is 6.92. The third-order valence-electron chi connectivity index (χ3n) is 2.20. The van der Waals surface area contributed by atoms with Crippen LogP contribution in [-0.2, 0) is 0 Å². The van der Waals surface area contributed by atoms with Crippen molar-refractivity contribution in [3.05, 3.63) is 42.1 Å². The lowest BCUT2D eigenvalue weighted by Crippen LogP contribution is -1.74. The highest BCUT2D eigenvalue weighted by molar-refractivity contribution is 6.17. The van der Waals surface area contributed by atoms with Crippen LogP contribution >= 0.6 is 11.6 Å². The van der Waals surface area contributed by atoms with E-state index in [4.69, 9.17) is 11.6 Å². The summed E-state index contributed by atoms with van der Waals surface area (Å²) in [5.41, 5.74) is 2.42. The fourth-order valence-corrected chi connectivity index (χ4v) is 1.65. The molecule has 0 aliphatic carbocycles. The summed E-state index contributed by atoms with van der Waals surface area (Å²) in [6.07, 6.45) is 7.11. The van der Waals surface area contributed by atoms with E-state index >= 15 is 0 Å². The van der Waals surface area contributed by atoms with Crippen molar-refractivity contribution in [1.82, 2.24) is 4.98 Å². The van der Waals surface area contributed by atoms with Gasteiger partial charge in [-0.25, -0.2) is 0 Å². The Morgan fingerprint density at radius 3 is 3.07 bits per heavy atom. The molecule has 0 amide bonds. The van der Waals surface area contributed by atoms with Gasteiger partial charge in [-0.2, -0.15) is 0 Å². The van der Waals surface area contributed by atoms with Crippen LogP contribution < -0.4 is 0 Å². The standard InChI is InChI=1S/C12H12ClN/c13-8-2-1-4-10-5-3-6-12-11(10)7-9-14-12/h1,3-7,9,14H,2,8H2. The number of aromatic amines is 1. The number of halogens is 1. The predicted molar refractivity (Wildman–Crippen MR) is 62.7 cm³/mol. The lowest BCUT2D eigenvalue weighted by Gasteiger charge is -1.95. The summed E-state index contributed by atoms with van der Waals surface area (Å²) in [4.78, 5) is 3.19. The second kappa shape index (κ2) is 4.34. The van der Waals surface area contributed by atoms with Crippen molar-refractivity contribution in [2.45, 2.75) is 6.42 Å². The molecule has 0 spiro atoms. The zero-order chi connectivity index (χ0) is 9.80. The first-order valence-electron chi connectivity index (χ1n) is 4.70. The summed E-state index contributed by atoms with van der Waals surface area (Å²) in [7, 11) is 0. The number of alkyl halides is 1. The molecule has 0 aliphatic heterocycles. The number of hydrogen-bond donors (Lipinski definition) is 1. The number of aromatic nitrogens is 1. The van der Waals surface area contributed by atoms with Crippen LogP contribution in [-0.4, -0.2) is 10.9 Å². The second-order valence-electron chi connectivity index (χ2n) is 3.17. The van der Waals surface area contributed by atoms with Gasteiger partial charge in [0.1, 0.15) is 0 Å². The van der Waals surface area contributed by atoms with Crippen LogP contribution in [0.4, 0.5) is 0 Å². The van der Waals surface area contributed by atoms with Gasteiger partial charge in [0.25, 0.3) is 0 Å². The number of nitrogens with one attached hydrogen (secondary N) is 1. The summed E-state index contributed by atoms with van der Waals surface area (Å²) in [6.45, 7) is 0. The summed E-state index contributed by atoms with van der Waals surface area (Å²) in [6, 6.07) is 8.34. The largest absolute Gasteiger partial charge is 0.361 e. The molecule has 0 fully saturated rings. The Balaban J connectivity index is 2.36. The van der Waals surface area contributed by atoms with Crippen LogP contribution in [0.2, 0.25) is 0 Å². The molecule has 0 saturated heterocycles. The van der Waals surface area contributed by atoms with Crippen molar-refractivity contribution in [2.24, 2.45) is 0 Å². The van der Waals surface area contributed by atoms with Crippen LogP contribution in [0.25, 0.3) is 17.0 Å². The quantitative estimate of drug-likeness (QED) is 0.734. The number of allylic oxidation sites excluding steroid dienone is 1. The Hall–Kier alpha value is -1.21. The molecule has 0 unspecified atom stereocenters. The fraction of sp³-hybridized carbons (Fsp3) is 0.167. The van der Waals surface area contributed by atoms with Crippen molar-refractivity contribution < 1.29 is 0 Å². The van der Waals surface area contributed by atoms with E-state index in [2.05, 4.69) is 41.4 Å². The number of fused-ring (bicyclic) bond motifs is 1. The fourth-order valence-electron chi connectivity index (χ4n) is 1.53. The molecule has 0 aliphatic rings. The Morgan fingerprint density at radius 2 is 2.21 bits per heavy atom. The van der Waals surface area contributed by atoms with Gasteiger partial charge in [-0.05, 0) is 24.1 Å². The van der Waals surface area contributed by atoms with Gasteiger partial charge < -0.3 is 4.98 Å². The Morgan fingerprint density at radius 1 is 1.29 bits per heavy atom. The Bertz CT molecular complexity index is 442. The molecule has 2 heteroatoms. The summed E-state index contributed by atoms with van der Waals surface area (Å²) in [5.74, 6) is 0.680. The minimum atomic E-state index is 0.680. The van der Waals surface area contributed by atoms with Crippen molar-refractivity contribution >= 4 is 28.6 Å². The maximum absolute atomic E-state index is 5.61. The topological polar surface area (TPSA) is 15.8 Å². The van der Waals surface area contributed by atoms with Crippen molar-refractivity contribution in [3.63, 3.8) is 0 Å². The van der Waals surface area contributed by atoms with Gasteiger partial charge in [0, 0.05) is 23.0 Å². The number of rotatable bonds is 3. The van der Waals surface area contributed by atoms with E-state index in [1.807, 2.05) is 6.20 Å². The highest BCUT2D eigenvalue weighted by Gasteiger charge is 1.96. The Labute approximate surface area is 88.4 Å². The molecular weight excluding hydrogens is 194 g/mol. The molecule has 1 N–H and O–H groups in total. The SMILES string of the molecule is ClCCC=Cc1cccc2[nH]ccc12. The normalized spacial score (nSPS) is 11.5. The maximum atomic E-state index is 5.61. The van der Waals surface area contributed by atoms with Gasteiger partial charge in [0.15, 0.2) is 0 Å². The highest BCUT2D eigenvalue weighted by atomic mass is 35.5. The van der Waals surface area contributed by atoms with Gasteiger partial charge in [0.05, 0.1) is 0 Å². The molecule has 1 aromatic carbocycles. The van der Waals surface area contributed by atoms with Crippen LogP contribution in [0, 0.1) is 0 Å². The average Bonchev–Trinajstić information content (AvgIpc) is 2.67. The lowest BCUT2D eigenvalue weighted by molar-refractivity contribution is 1.24. The van der Waals surface area contributed by atoms with E-state index < -0.39 is 0 Å².